The van der Waals surface area contributed by atoms with Gasteiger partial charge in [0.05, 0.1) is 19.3 Å². The van der Waals surface area contributed by atoms with Crippen LogP contribution in [0.3, 0.4) is 0 Å². The van der Waals surface area contributed by atoms with E-state index in [1.54, 1.807) is 37.4 Å². The Balaban J connectivity index is 1.58. The van der Waals surface area contributed by atoms with E-state index in [9.17, 15) is 4.79 Å². The first-order chi connectivity index (χ1) is 17.0. The van der Waals surface area contributed by atoms with E-state index in [1.807, 2.05) is 36.4 Å². The number of rotatable bonds is 11. The predicted octanol–water partition coefficient (Wildman–Crippen LogP) is 7.10. The van der Waals surface area contributed by atoms with Crippen LogP contribution in [0, 0.1) is 0 Å². The van der Waals surface area contributed by atoms with Crippen LogP contribution in [-0.2, 0) is 0 Å². The van der Waals surface area contributed by atoms with Crippen molar-refractivity contribution in [1.82, 2.24) is 4.90 Å². The van der Waals surface area contributed by atoms with Gasteiger partial charge >= 0.3 is 0 Å². The zero-order chi connectivity index (χ0) is 24.8. The lowest BCUT2D eigenvalue weighted by Crippen LogP contribution is -2.25. The molecule has 0 fully saturated rings. The fraction of sp³-hybridized carbons (Fsp3) is 0.276. The first kappa shape index (κ1) is 24.8. The number of fused-ring (bicyclic) bond motifs is 1. The van der Waals surface area contributed by atoms with E-state index in [4.69, 9.17) is 25.5 Å². The van der Waals surface area contributed by atoms with Gasteiger partial charge in [-0.2, -0.15) is 0 Å². The lowest BCUT2D eigenvalue weighted by atomic mass is 9.97. The van der Waals surface area contributed by atoms with Crippen molar-refractivity contribution in [3.05, 3.63) is 82.9 Å². The minimum Gasteiger partial charge on any atom is -0.497 e. The van der Waals surface area contributed by atoms with Gasteiger partial charge in [0.2, 0.25) is 0 Å². The van der Waals surface area contributed by atoms with E-state index in [2.05, 4.69) is 18.7 Å². The molecule has 0 aliphatic heterocycles. The summed E-state index contributed by atoms with van der Waals surface area (Å²) in [6, 6.07) is 20.0. The molecule has 3 aromatic carbocycles. The number of hydrogen-bond donors (Lipinski definition) is 0. The average molecular weight is 492 g/mol. The van der Waals surface area contributed by atoms with Crippen molar-refractivity contribution in [3.63, 3.8) is 0 Å². The van der Waals surface area contributed by atoms with Crippen LogP contribution < -0.4 is 9.47 Å². The van der Waals surface area contributed by atoms with Crippen molar-refractivity contribution in [2.24, 2.45) is 0 Å². The molecule has 0 unspecified atom stereocenters. The van der Waals surface area contributed by atoms with Gasteiger partial charge in [-0.15, -0.1) is 0 Å². The highest BCUT2D eigenvalue weighted by molar-refractivity contribution is 6.32. The molecule has 1 aromatic heterocycles. The summed E-state index contributed by atoms with van der Waals surface area (Å²) in [5.41, 5.74) is 2.44. The molecule has 35 heavy (non-hydrogen) atoms. The van der Waals surface area contributed by atoms with Crippen LogP contribution in [-0.4, -0.2) is 44.0 Å². The predicted molar refractivity (Wildman–Crippen MR) is 141 cm³/mol. The fourth-order valence-electron chi connectivity index (χ4n) is 4.11. The molecule has 4 rings (SSSR count). The van der Waals surface area contributed by atoms with Gasteiger partial charge in [0, 0.05) is 28.1 Å². The Morgan fingerprint density at radius 1 is 0.943 bits per heavy atom. The molecule has 0 aliphatic rings. The largest absolute Gasteiger partial charge is 0.497 e. The van der Waals surface area contributed by atoms with Gasteiger partial charge in [0.15, 0.2) is 5.78 Å². The average Bonchev–Trinajstić information content (AvgIpc) is 3.27. The molecule has 0 atom stereocenters. The molecule has 6 heteroatoms. The summed E-state index contributed by atoms with van der Waals surface area (Å²) in [5.74, 6) is 1.85. The second-order valence-electron chi connectivity index (χ2n) is 8.26. The van der Waals surface area contributed by atoms with Gasteiger partial charge in [0.1, 0.15) is 22.8 Å². The van der Waals surface area contributed by atoms with E-state index < -0.39 is 0 Å². The molecule has 0 saturated carbocycles. The minimum atomic E-state index is -0.134. The Labute approximate surface area is 211 Å². The number of hydrogen-bond acceptors (Lipinski definition) is 5. The Bertz CT molecular complexity index is 1270. The molecule has 182 valence electrons. The molecule has 1 heterocycles. The quantitative estimate of drug-likeness (QED) is 0.165. The summed E-state index contributed by atoms with van der Waals surface area (Å²) in [7, 11) is 1.62. The Hall–Kier alpha value is -3.28. The van der Waals surface area contributed by atoms with E-state index in [0.29, 0.717) is 39.5 Å². The molecular weight excluding hydrogens is 462 g/mol. The first-order valence-electron chi connectivity index (χ1n) is 11.9. The van der Waals surface area contributed by atoms with Crippen LogP contribution >= 0.6 is 11.6 Å². The standard InChI is InChI=1S/C29H30ClNO4/c1-4-31(5-2)17-6-18-34-24-14-7-20(8-15-24)28(32)27-25-19-22(30)11-16-26(25)35-29(27)21-9-12-23(33-3)13-10-21/h7-16,19H,4-6,17-18H2,1-3H3. The van der Waals surface area contributed by atoms with Crippen LogP contribution in [0.25, 0.3) is 22.3 Å². The molecule has 0 amide bonds. The van der Waals surface area contributed by atoms with Crippen LogP contribution in [0.15, 0.2) is 71.1 Å². The number of halogens is 1. The number of benzene rings is 3. The van der Waals surface area contributed by atoms with E-state index in [1.165, 1.54) is 0 Å². The number of carbonyl (C=O) groups excluding carboxylic acids is 1. The molecule has 0 bridgehead atoms. The zero-order valence-corrected chi connectivity index (χ0v) is 21.1. The van der Waals surface area contributed by atoms with Crippen molar-refractivity contribution in [3.8, 4) is 22.8 Å². The monoisotopic (exact) mass is 491 g/mol. The van der Waals surface area contributed by atoms with Gasteiger partial charge in [-0.3, -0.25) is 4.79 Å². The molecule has 0 N–H and O–H groups in total. The number of ketones is 1. The maximum atomic E-state index is 13.7. The van der Waals surface area contributed by atoms with Crippen LogP contribution in [0.1, 0.15) is 36.2 Å². The third-order valence-electron chi connectivity index (χ3n) is 6.13. The first-order valence-corrected chi connectivity index (χ1v) is 12.3. The van der Waals surface area contributed by atoms with Gasteiger partial charge in [-0.05, 0) is 86.2 Å². The Morgan fingerprint density at radius 3 is 2.29 bits per heavy atom. The third kappa shape index (κ3) is 5.69. The molecule has 4 aromatic rings. The lowest BCUT2D eigenvalue weighted by molar-refractivity contribution is 0.104. The van der Waals surface area contributed by atoms with Crippen molar-refractivity contribution in [1.29, 1.82) is 0 Å². The second kappa shape index (κ2) is 11.4. The number of furan rings is 1. The molecule has 0 saturated heterocycles. The highest BCUT2D eigenvalue weighted by Crippen LogP contribution is 2.37. The van der Waals surface area contributed by atoms with Crippen molar-refractivity contribution < 1.29 is 18.7 Å². The maximum Gasteiger partial charge on any atom is 0.197 e. The SMILES string of the molecule is CCN(CC)CCCOc1ccc(C(=O)c2c(-c3ccc(OC)cc3)oc3ccc(Cl)cc23)cc1. The molecule has 0 spiro atoms. The maximum absolute atomic E-state index is 13.7. The molecule has 0 aliphatic carbocycles. The van der Waals surface area contributed by atoms with Gasteiger partial charge in [-0.25, -0.2) is 0 Å². The lowest BCUT2D eigenvalue weighted by Gasteiger charge is -2.17. The van der Waals surface area contributed by atoms with Gasteiger partial charge in [0.25, 0.3) is 0 Å². The smallest absolute Gasteiger partial charge is 0.197 e. The van der Waals surface area contributed by atoms with E-state index in [0.717, 1.165) is 43.1 Å². The number of nitrogens with zero attached hydrogens (tertiary/aromatic N) is 1. The van der Waals surface area contributed by atoms with Crippen LogP contribution in [0.2, 0.25) is 5.02 Å². The van der Waals surface area contributed by atoms with Crippen molar-refractivity contribution in [2.45, 2.75) is 20.3 Å². The summed E-state index contributed by atoms with van der Waals surface area (Å²) < 4.78 is 17.3. The van der Waals surface area contributed by atoms with E-state index >= 15 is 0 Å². The summed E-state index contributed by atoms with van der Waals surface area (Å²) in [6.07, 6.45) is 0.954. The number of ether oxygens (including phenoxy) is 2. The van der Waals surface area contributed by atoms with Gasteiger partial charge < -0.3 is 18.8 Å². The highest BCUT2D eigenvalue weighted by atomic mass is 35.5. The number of carbonyl (C=O) groups is 1. The summed E-state index contributed by atoms with van der Waals surface area (Å²) in [5, 5.41) is 1.23. The van der Waals surface area contributed by atoms with Crippen molar-refractivity contribution in [2.75, 3.05) is 33.4 Å². The molecule has 0 radical (unpaired) electrons. The summed E-state index contributed by atoms with van der Waals surface area (Å²) in [6.45, 7) is 8.05. The van der Waals surface area contributed by atoms with Crippen LogP contribution in [0.4, 0.5) is 0 Å². The Morgan fingerprint density at radius 2 is 1.63 bits per heavy atom. The van der Waals surface area contributed by atoms with E-state index in [-0.39, 0.29) is 5.78 Å². The molecular formula is C29H30ClNO4. The number of methoxy groups -OCH3 is 1. The van der Waals surface area contributed by atoms with Gasteiger partial charge in [-0.1, -0.05) is 25.4 Å². The normalized spacial score (nSPS) is 11.2. The second-order valence-corrected chi connectivity index (χ2v) is 8.69. The molecule has 5 nitrogen and oxygen atoms in total. The van der Waals surface area contributed by atoms with Crippen molar-refractivity contribution >= 4 is 28.4 Å². The topological polar surface area (TPSA) is 51.9 Å². The highest BCUT2D eigenvalue weighted by Gasteiger charge is 2.23. The minimum absolute atomic E-state index is 0.134. The Kier molecular flexibility index (Phi) is 8.11. The zero-order valence-electron chi connectivity index (χ0n) is 20.3. The fourth-order valence-corrected chi connectivity index (χ4v) is 4.28. The third-order valence-corrected chi connectivity index (χ3v) is 6.36. The summed E-state index contributed by atoms with van der Waals surface area (Å²) in [4.78, 5) is 16.1. The van der Waals surface area contributed by atoms with Crippen LogP contribution in [0.5, 0.6) is 11.5 Å². The summed E-state index contributed by atoms with van der Waals surface area (Å²) >= 11 is 6.27.